The van der Waals surface area contributed by atoms with Crippen LogP contribution in [0.3, 0.4) is 0 Å². The van der Waals surface area contributed by atoms with Crippen LogP contribution in [0.25, 0.3) is 0 Å². The van der Waals surface area contributed by atoms with Crippen molar-refractivity contribution in [3.8, 4) is 5.75 Å². The standard InChI is InChI=1S/C24H32N2O6/c1-3-25-10-12-26(13-11-25)14-19-20(27)9-8-18-22(28)21(15-31-23(18)19)32-17-6-4-16(5-7-17)24(29)30-2/h4-7,15,18-20,23,27H,3,8-14H2,1-2H3. The van der Waals surface area contributed by atoms with Gasteiger partial charge < -0.3 is 29.1 Å². The van der Waals surface area contributed by atoms with Gasteiger partial charge in [-0.3, -0.25) is 4.79 Å². The van der Waals surface area contributed by atoms with Crippen LogP contribution in [0.1, 0.15) is 30.1 Å². The lowest BCUT2D eigenvalue weighted by Crippen LogP contribution is -2.55. The van der Waals surface area contributed by atoms with Gasteiger partial charge in [0.05, 0.1) is 24.7 Å². The molecule has 2 aliphatic heterocycles. The molecule has 1 N–H and O–H groups in total. The number of esters is 1. The molecule has 0 spiro atoms. The lowest BCUT2D eigenvalue weighted by atomic mass is 9.73. The van der Waals surface area contributed by atoms with Crippen LogP contribution >= 0.6 is 0 Å². The number of benzene rings is 1. The Morgan fingerprint density at radius 1 is 1.12 bits per heavy atom. The number of likely N-dealkylation sites (N-methyl/N-ethyl adjacent to an activating group) is 1. The second kappa shape index (κ2) is 10.0. The van der Waals surface area contributed by atoms with E-state index in [0.717, 1.165) is 39.3 Å². The highest BCUT2D eigenvalue weighted by Crippen LogP contribution is 2.38. The van der Waals surface area contributed by atoms with Crippen LogP contribution in [0.4, 0.5) is 0 Å². The van der Waals surface area contributed by atoms with Gasteiger partial charge in [-0.05, 0) is 43.7 Å². The number of rotatable bonds is 6. The molecule has 2 fully saturated rings. The Kier molecular flexibility index (Phi) is 7.13. The quantitative estimate of drug-likeness (QED) is 0.663. The molecule has 1 aromatic rings. The van der Waals surface area contributed by atoms with Gasteiger partial charge in [0, 0.05) is 38.6 Å². The van der Waals surface area contributed by atoms with Crippen LogP contribution in [0.15, 0.2) is 36.3 Å². The molecule has 0 radical (unpaired) electrons. The predicted molar refractivity (Wildman–Crippen MR) is 117 cm³/mol. The monoisotopic (exact) mass is 444 g/mol. The number of hydrogen-bond donors (Lipinski definition) is 1. The number of carbonyl (C=O) groups excluding carboxylic acids is 2. The molecule has 1 saturated heterocycles. The highest BCUT2D eigenvalue weighted by Gasteiger charge is 2.47. The Labute approximate surface area is 188 Å². The zero-order valence-electron chi connectivity index (χ0n) is 18.7. The van der Waals surface area contributed by atoms with Gasteiger partial charge in [-0.15, -0.1) is 0 Å². The first kappa shape index (κ1) is 22.8. The number of Topliss-reactive ketones (excluding diaryl/α,β-unsaturated/α-hetero) is 1. The largest absolute Gasteiger partial charge is 0.493 e. The Bertz CT molecular complexity index is 847. The highest BCUT2D eigenvalue weighted by molar-refractivity contribution is 5.96. The molecule has 2 heterocycles. The molecular weight excluding hydrogens is 412 g/mol. The van der Waals surface area contributed by atoms with Crippen molar-refractivity contribution in [3.05, 3.63) is 41.9 Å². The van der Waals surface area contributed by atoms with Gasteiger partial charge >= 0.3 is 5.97 Å². The molecule has 3 aliphatic rings. The van der Waals surface area contributed by atoms with Crippen molar-refractivity contribution < 1.29 is 28.9 Å². The Hall–Kier alpha value is -2.42. The summed E-state index contributed by atoms with van der Waals surface area (Å²) in [5.74, 6) is -0.355. The first-order valence-electron chi connectivity index (χ1n) is 11.4. The minimum absolute atomic E-state index is 0.0917. The van der Waals surface area contributed by atoms with Crippen molar-refractivity contribution in [1.82, 2.24) is 9.80 Å². The van der Waals surface area contributed by atoms with E-state index in [-0.39, 0.29) is 29.5 Å². The fourth-order valence-corrected chi connectivity index (χ4v) is 4.89. The summed E-state index contributed by atoms with van der Waals surface area (Å²) in [5, 5.41) is 10.7. The fourth-order valence-electron chi connectivity index (χ4n) is 4.89. The van der Waals surface area contributed by atoms with Crippen molar-refractivity contribution >= 4 is 11.8 Å². The molecule has 1 saturated carbocycles. The summed E-state index contributed by atoms with van der Waals surface area (Å²) in [5.41, 5.74) is 0.406. The number of methoxy groups -OCH3 is 1. The molecule has 0 bridgehead atoms. The van der Waals surface area contributed by atoms with E-state index in [1.807, 2.05) is 0 Å². The van der Waals surface area contributed by atoms with E-state index in [2.05, 4.69) is 16.7 Å². The van der Waals surface area contributed by atoms with Crippen LogP contribution < -0.4 is 4.74 Å². The van der Waals surface area contributed by atoms with Gasteiger partial charge in [0.2, 0.25) is 11.5 Å². The maximum atomic E-state index is 13.2. The van der Waals surface area contributed by atoms with Crippen molar-refractivity contribution in [3.63, 3.8) is 0 Å². The van der Waals surface area contributed by atoms with Gasteiger partial charge in [0.15, 0.2) is 0 Å². The van der Waals surface area contributed by atoms with Crippen molar-refractivity contribution in [2.45, 2.75) is 32.0 Å². The molecule has 1 aliphatic carbocycles. The molecule has 4 unspecified atom stereocenters. The third kappa shape index (κ3) is 4.82. The second-order valence-electron chi connectivity index (χ2n) is 8.71. The number of carbonyl (C=O) groups is 2. The van der Waals surface area contributed by atoms with E-state index in [9.17, 15) is 14.7 Å². The summed E-state index contributed by atoms with van der Waals surface area (Å²) >= 11 is 0. The maximum absolute atomic E-state index is 13.2. The lowest BCUT2D eigenvalue weighted by Gasteiger charge is -2.44. The molecule has 8 nitrogen and oxygen atoms in total. The zero-order valence-corrected chi connectivity index (χ0v) is 18.7. The van der Waals surface area contributed by atoms with Gasteiger partial charge in [-0.1, -0.05) is 6.92 Å². The predicted octanol–water partition coefficient (Wildman–Crippen LogP) is 1.69. The minimum Gasteiger partial charge on any atom is -0.493 e. The summed E-state index contributed by atoms with van der Waals surface area (Å²) in [4.78, 5) is 29.5. The third-order valence-electron chi connectivity index (χ3n) is 6.88. The number of piperazine rings is 1. The molecule has 0 aromatic heterocycles. The van der Waals surface area contributed by atoms with Crippen LogP contribution in [-0.4, -0.2) is 85.2 Å². The first-order valence-corrected chi connectivity index (χ1v) is 11.4. The number of ketones is 1. The van der Waals surface area contributed by atoms with E-state index in [1.165, 1.54) is 13.4 Å². The van der Waals surface area contributed by atoms with Crippen LogP contribution in [0, 0.1) is 11.8 Å². The zero-order chi connectivity index (χ0) is 22.7. The van der Waals surface area contributed by atoms with E-state index in [4.69, 9.17) is 14.2 Å². The van der Waals surface area contributed by atoms with Gasteiger partial charge in [0.25, 0.3) is 0 Å². The number of fused-ring (bicyclic) bond motifs is 1. The third-order valence-corrected chi connectivity index (χ3v) is 6.88. The average molecular weight is 445 g/mol. The molecule has 1 aromatic carbocycles. The summed E-state index contributed by atoms with van der Waals surface area (Å²) in [6, 6.07) is 6.42. The molecule has 8 heteroatoms. The SMILES string of the molecule is CCN1CCN(CC2C(O)CCC3C(=O)C(Oc4ccc(C(=O)OC)cc4)=COC32)CC1. The van der Waals surface area contributed by atoms with Crippen molar-refractivity contribution in [2.24, 2.45) is 11.8 Å². The molecule has 174 valence electrons. The van der Waals surface area contributed by atoms with Crippen LogP contribution in [-0.2, 0) is 14.3 Å². The molecule has 32 heavy (non-hydrogen) atoms. The van der Waals surface area contributed by atoms with Crippen molar-refractivity contribution in [2.75, 3.05) is 46.4 Å². The average Bonchev–Trinajstić information content (AvgIpc) is 2.83. The van der Waals surface area contributed by atoms with Gasteiger partial charge in [0.1, 0.15) is 18.1 Å². The number of nitrogens with zero attached hydrogens (tertiary/aromatic N) is 2. The maximum Gasteiger partial charge on any atom is 0.337 e. The minimum atomic E-state index is -0.477. The van der Waals surface area contributed by atoms with E-state index in [0.29, 0.717) is 24.2 Å². The van der Waals surface area contributed by atoms with Crippen LogP contribution in [0.5, 0.6) is 5.75 Å². The van der Waals surface area contributed by atoms with Gasteiger partial charge in [-0.2, -0.15) is 0 Å². The number of allylic oxidation sites excluding steroid dienone is 1. The number of aliphatic hydroxyl groups excluding tert-OH is 1. The number of aliphatic hydroxyl groups is 1. The Morgan fingerprint density at radius 2 is 1.81 bits per heavy atom. The molecule has 4 rings (SSSR count). The summed E-state index contributed by atoms with van der Waals surface area (Å²) in [6.07, 6.45) is 1.72. The number of ether oxygens (including phenoxy) is 3. The second-order valence-corrected chi connectivity index (χ2v) is 8.71. The smallest absolute Gasteiger partial charge is 0.337 e. The summed E-state index contributed by atoms with van der Waals surface area (Å²) in [6.45, 7) is 7.95. The summed E-state index contributed by atoms with van der Waals surface area (Å²) in [7, 11) is 1.32. The Morgan fingerprint density at radius 3 is 2.47 bits per heavy atom. The topological polar surface area (TPSA) is 88.5 Å². The van der Waals surface area contributed by atoms with E-state index >= 15 is 0 Å². The first-order chi connectivity index (χ1) is 15.5. The van der Waals surface area contributed by atoms with Gasteiger partial charge in [-0.25, -0.2) is 4.79 Å². The van der Waals surface area contributed by atoms with Crippen molar-refractivity contribution in [1.29, 1.82) is 0 Å². The van der Waals surface area contributed by atoms with E-state index < -0.39 is 12.1 Å². The normalized spacial score (nSPS) is 29.0. The summed E-state index contributed by atoms with van der Waals surface area (Å²) < 4.78 is 16.5. The fraction of sp³-hybridized carbons (Fsp3) is 0.583. The highest BCUT2D eigenvalue weighted by atomic mass is 16.5. The Balaban J connectivity index is 1.41. The van der Waals surface area contributed by atoms with E-state index in [1.54, 1.807) is 24.3 Å². The van der Waals surface area contributed by atoms with Crippen LogP contribution in [0.2, 0.25) is 0 Å². The lowest BCUT2D eigenvalue weighted by molar-refractivity contribution is -0.140. The molecule has 4 atom stereocenters. The molecular formula is C24H32N2O6. The number of hydrogen-bond acceptors (Lipinski definition) is 8. The molecule has 0 amide bonds.